The van der Waals surface area contributed by atoms with Crippen molar-refractivity contribution in [3.8, 4) is 5.75 Å². The van der Waals surface area contributed by atoms with Crippen molar-refractivity contribution in [2.75, 3.05) is 46.4 Å². The normalized spacial score (nSPS) is 16.5. The van der Waals surface area contributed by atoms with Gasteiger partial charge in [0.25, 0.3) is 0 Å². The summed E-state index contributed by atoms with van der Waals surface area (Å²) in [6, 6.07) is 16.1. The van der Waals surface area contributed by atoms with Gasteiger partial charge in [-0.3, -0.25) is 9.69 Å². The van der Waals surface area contributed by atoms with Crippen molar-refractivity contribution in [1.82, 2.24) is 20.0 Å². The van der Waals surface area contributed by atoms with E-state index in [1.165, 1.54) is 24.0 Å². The van der Waals surface area contributed by atoms with Crippen molar-refractivity contribution < 1.29 is 14.3 Å². The fourth-order valence-corrected chi connectivity index (χ4v) is 4.71. The molecule has 2 aliphatic heterocycles. The summed E-state index contributed by atoms with van der Waals surface area (Å²) in [4.78, 5) is 31.6. The lowest BCUT2D eigenvalue weighted by molar-refractivity contribution is -0.132. The molecule has 4 rings (SSSR count). The second-order valence-electron chi connectivity index (χ2n) is 9.13. The van der Waals surface area contributed by atoms with Crippen molar-refractivity contribution >= 4 is 11.9 Å². The van der Waals surface area contributed by atoms with E-state index < -0.39 is 0 Å². The van der Waals surface area contributed by atoms with Crippen molar-refractivity contribution in [2.45, 2.75) is 38.8 Å². The van der Waals surface area contributed by atoms with E-state index in [9.17, 15) is 9.59 Å². The van der Waals surface area contributed by atoms with E-state index in [0.717, 1.165) is 30.9 Å². The first-order valence-electron chi connectivity index (χ1n) is 12.3. The number of methoxy groups -OCH3 is 1. The highest BCUT2D eigenvalue weighted by atomic mass is 16.5. The molecule has 0 aromatic heterocycles. The molecule has 0 bridgehead atoms. The van der Waals surface area contributed by atoms with Crippen LogP contribution in [0, 0.1) is 0 Å². The number of hydrogen-bond acceptors (Lipinski definition) is 4. The Morgan fingerprint density at radius 1 is 0.853 bits per heavy atom. The number of amides is 3. The third kappa shape index (κ3) is 6.50. The van der Waals surface area contributed by atoms with E-state index in [1.807, 2.05) is 40.1 Å². The molecule has 0 atom stereocenters. The Balaban J connectivity index is 1.19. The molecule has 182 valence electrons. The number of aryl methyl sites for hydroxylation is 1. The van der Waals surface area contributed by atoms with Gasteiger partial charge in [-0.15, -0.1) is 0 Å². The molecule has 2 saturated heterocycles. The summed E-state index contributed by atoms with van der Waals surface area (Å²) in [5.41, 5.74) is 3.59. The number of benzene rings is 2. The molecule has 2 aromatic rings. The number of nitrogens with zero attached hydrogens (tertiary/aromatic N) is 3. The largest absolute Gasteiger partial charge is 0.497 e. The van der Waals surface area contributed by atoms with Crippen molar-refractivity contribution in [3.63, 3.8) is 0 Å². The molecule has 0 unspecified atom stereocenters. The highest BCUT2D eigenvalue weighted by Gasteiger charge is 2.24. The van der Waals surface area contributed by atoms with Gasteiger partial charge in [-0.2, -0.15) is 0 Å². The maximum atomic E-state index is 12.8. The lowest BCUT2D eigenvalue weighted by atomic mass is 10.1. The quantitative estimate of drug-likeness (QED) is 0.651. The van der Waals surface area contributed by atoms with Crippen LogP contribution in [0.15, 0.2) is 48.5 Å². The molecule has 7 heteroatoms. The maximum absolute atomic E-state index is 12.8. The van der Waals surface area contributed by atoms with Crippen molar-refractivity contribution in [3.05, 3.63) is 65.2 Å². The van der Waals surface area contributed by atoms with Gasteiger partial charge < -0.3 is 19.9 Å². The lowest BCUT2D eigenvalue weighted by Crippen LogP contribution is -2.53. The third-order valence-corrected chi connectivity index (χ3v) is 6.85. The number of piperazine rings is 1. The first-order valence-corrected chi connectivity index (χ1v) is 12.3. The van der Waals surface area contributed by atoms with Crippen LogP contribution in [0.4, 0.5) is 4.79 Å². The number of ether oxygens (including phenoxy) is 1. The van der Waals surface area contributed by atoms with Gasteiger partial charge in [0, 0.05) is 45.7 Å². The van der Waals surface area contributed by atoms with Gasteiger partial charge in [0.2, 0.25) is 5.91 Å². The fourth-order valence-electron chi connectivity index (χ4n) is 4.71. The summed E-state index contributed by atoms with van der Waals surface area (Å²) in [5.74, 6) is 0.964. The summed E-state index contributed by atoms with van der Waals surface area (Å²) in [6.45, 7) is 6.09. The van der Waals surface area contributed by atoms with Crippen LogP contribution in [0.25, 0.3) is 0 Å². The van der Waals surface area contributed by atoms with Gasteiger partial charge >= 0.3 is 6.03 Å². The van der Waals surface area contributed by atoms with Gasteiger partial charge in [0.1, 0.15) is 5.75 Å². The van der Waals surface area contributed by atoms with Crippen molar-refractivity contribution in [1.29, 1.82) is 0 Å². The molecular formula is C27H36N4O3. The van der Waals surface area contributed by atoms with Crippen LogP contribution in [0.3, 0.4) is 0 Å². The number of carbonyl (C=O) groups is 2. The predicted molar refractivity (Wildman–Crippen MR) is 133 cm³/mol. The molecule has 3 amide bonds. The van der Waals surface area contributed by atoms with Crippen LogP contribution >= 0.6 is 0 Å². The van der Waals surface area contributed by atoms with Gasteiger partial charge in [-0.25, -0.2) is 4.79 Å². The smallest absolute Gasteiger partial charge is 0.317 e. The van der Waals surface area contributed by atoms with Gasteiger partial charge in [-0.05, 0) is 61.2 Å². The Hall–Kier alpha value is -3.06. The second kappa shape index (κ2) is 11.9. The zero-order valence-corrected chi connectivity index (χ0v) is 20.2. The van der Waals surface area contributed by atoms with Gasteiger partial charge in [0.05, 0.1) is 7.11 Å². The first-order chi connectivity index (χ1) is 16.6. The number of rotatable bonds is 8. The number of urea groups is 1. The van der Waals surface area contributed by atoms with Crippen LogP contribution in [0.1, 0.15) is 36.0 Å². The second-order valence-corrected chi connectivity index (χ2v) is 9.13. The topological polar surface area (TPSA) is 65.1 Å². The Morgan fingerprint density at radius 3 is 2.18 bits per heavy atom. The van der Waals surface area contributed by atoms with E-state index in [1.54, 1.807) is 7.11 Å². The lowest BCUT2D eigenvalue weighted by Gasteiger charge is -2.35. The van der Waals surface area contributed by atoms with E-state index >= 15 is 0 Å². The molecular weight excluding hydrogens is 428 g/mol. The fraction of sp³-hybridized carbons (Fsp3) is 0.481. The minimum absolute atomic E-state index is 0.0543. The molecule has 2 heterocycles. The Morgan fingerprint density at radius 2 is 1.50 bits per heavy atom. The minimum atomic E-state index is -0.0543. The monoisotopic (exact) mass is 464 g/mol. The average Bonchev–Trinajstić information content (AvgIpc) is 3.40. The van der Waals surface area contributed by atoms with Gasteiger partial charge in [-0.1, -0.05) is 36.4 Å². The molecule has 0 saturated carbocycles. The Kier molecular flexibility index (Phi) is 8.41. The molecule has 0 spiro atoms. The Bertz CT molecular complexity index is 949. The molecule has 2 aromatic carbocycles. The minimum Gasteiger partial charge on any atom is -0.497 e. The zero-order valence-electron chi connectivity index (χ0n) is 20.2. The SMILES string of the molecule is COc1ccc(CCC(=O)N2CCN(C(=O)NCc3ccccc3CN3CCCC3)CC2)cc1. The number of likely N-dealkylation sites (tertiary alicyclic amines) is 1. The number of nitrogens with one attached hydrogen (secondary N) is 1. The molecule has 34 heavy (non-hydrogen) atoms. The highest BCUT2D eigenvalue weighted by molar-refractivity contribution is 5.78. The van der Waals surface area contributed by atoms with E-state index in [2.05, 4.69) is 28.4 Å². The third-order valence-electron chi connectivity index (χ3n) is 6.85. The predicted octanol–water partition coefficient (Wildman–Crippen LogP) is 3.28. The van der Waals surface area contributed by atoms with E-state index in [-0.39, 0.29) is 11.9 Å². The van der Waals surface area contributed by atoms with Crippen molar-refractivity contribution in [2.24, 2.45) is 0 Å². The van der Waals surface area contributed by atoms with Gasteiger partial charge in [0.15, 0.2) is 0 Å². The summed E-state index contributed by atoms with van der Waals surface area (Å²) in [5, 5.41) is 3.09. The maximum Gasteiger partial charge on any atom is 0.317 e. The standard InChI is InChI=1S/C27H36N4O3/c1-34-25-11-8-22(9-12-25)10-13-26(32)30-16-18-31(19-17-30)27(33)28-20-23-6-2-3-7-24(23)21-29-14-4-5-15-29/h2-3,6-9,11-12H,4-5,10,13-21H2,1H3,(H,28,33). The molecule has 7 nitrogen and oxygen atoms in total. The molecule has 1 N–H and O–H groups in total. The number of hydrogen-bond donors (Lipinski definition) is 1. The van der Waals surface area contributed by atoms with Crippen LogP contribution in [0.2, 0.25) is 0 Å². The first kappa shape index (κ1) is 24.1. The summed E-state index contributed by atoms with van der Waals surface area (Å²) >= 11 is 0. The molecule has 0 radical (unpaired) electrons. The number of carbonyl (C=O) groups excluding carboxylic acids is 2. The Labute approximate surface area is 202 Å². The summed E-state index contributed by atoms with van der Waals surface area (Å²) in [7, 11) is 1.65. The summed E-state index contributed by atoms with van der Waals surface area (Å²) in [6.07, 6.45) is 3.73. The molecule has 0 aliphatic carbocycles. The average molecular weight is 465 g/mol. The van der Waals surface area contributed by atoms with Crippen LogP contribution in [-0.4, -0.2) is 73.0 Å². The molecule has 2 aliphatic rings. The van der Waals surface area contributed by atoms with Crippen LogP contribution in [-0.2, 0) is 24.3 Å². The highest BCUT2D eigenvalue weighted by Crippen LogP contribution is 2.17. The van der Waals surface area contributed by atoms with Crippen LogP contribution in [0.5, 0.6) is 5.75 Å². The molecule has 2 fully saturated rings. The zero-order chi connectivity index (χ0) is 23.8. The van der Waals surface area contributed by atoms with E-state index in [0.29, 0.717) is 45.6 Å². The summed E-state index contributed by atoms with van der Waals surface area (Å²) < 4.78 is 5.18. The van der Waals surface area contributed by atoms with Crippen LogP contribution < -0.4 is 10.1 Å². The van der Waals surface area contributed by atoms with E-state index in [4.69, 9.17) is 4.74 Å².